The number of pyridine rings is 2. The summed E-state index contributed by atoms with van der Waals surface area (Å²) in [5, 5.41) is 1.22. The molecule has 1 aliphatic carbocycles. The van der Waals surface area contributed by atoms with Gasteiger partial charge in [-0.15, -0.1) is 0 Å². The quantitative estimate of drug-likeness (QED) is 0.673. The van der Waals surface area contributed by atoms with Crippen LogP contribution in [0.3, 0.4) is 0 Å². The molecular formula is C19H20ClN7S. The van der Waals surface area contributed by atoms with Gasteiger partial charge in [0.25, 0.3) is 0 Å². The van der Waals surface area contributed by atoms with E-state index in [1.165, 1.54) is 24.6 Å². The van der Waals surface area contributed by atoms with Crippen LogP contribution >= 0.6 is 23.4 Å². The summed E-state index contributed by atoms with van der Waals surface area (Å²) >= 11 is 7.66. The fourth-order valence-electron chi connectivity index (χ4n) is 4.33. The van der Waals surface area contributed by atoms with Crippen molar-refractivity contribution in [3.63, 3.8) is 0 Å². The predicted octanol–water partition coefficient (Wildman–Crippen LogP) is 3.27. The monoisotopic (exact) mass is 413 g/mol. The Morgan fingerprint density at radius 2 is 2.04 bits per heavy atom. The van der Waals surface area contributed by atoms with Crippen molar-refractivity contribution in [1.82, 2.24) is 19.9 Å². The summed E-state index contributed by atoms with van der Waals surface area (Å²) in [7, 11) is 0. The molecule has 0 amide bonds. The van der Waals surface area contributed by atoms with Crippen LogP contribution in [0.25, 0.3) is 11.2 Å². The van der Waals surface area contributed by atoms with Crippen molar-refractivity contribution in [2.45, 2.75) is 47.2 Å². The first kappa shape index (κ1) is 17.9. The van der Waals surface area contributed by atoms with Crippen molar-refractivity contribution >= 4 is 46.2 Å². The third-order valence-electron chi connectivity index (χ3n) is 5.62. The molecule has 1 saturated heterocycles. The molecular weight excluding hydrogens is 394 g/mol. The number of halogens is 1. The Morgan fingerprint density at radius 1 is 1.18 bits per heavy atom. The standard InChI is InChI=1S/C19H20ClN7S/c20-16-13(4-6-23-17(16)22)28-15-3-2-12-18(26-15)24-10-14(25-12)27-7-1-5-19(27)8-11(21)9-19/h2-4,6,10-11H,1,5,7-9,21H2,(H2,22,23). The van der Waals surface area contributed by atoms with Crippen LogP contribution in [0.5, 0.6) is 0 Å². The molecule has 3 aromatic rings. The van der Waals surface area contributed by atoms with Crippen molar-refractivity contribution < 1.29 is 0 Å². The first-order chi connectivity index (χ1) is 13.5. The third kappa shape index (κ3) is 2.96. The molecule has 7 nitrogen and oxygen atoms in total. The van der Waals surface area contributed by atoms with Crippen molar-refractivity contribution in [2.24, 2.45) is 5.73 Å². The van der Waals surface area contributed by atoms with Gasteiger partial charge in [-0.05, 0) is 43.9 Å². The van der Waals surface area contributed by atoms with Crippen LogP contribution < -0.4 is 16.4 Å². The van der Waals surface area contributed by atoms with Crippen LogP contribution in [0.15, 0.2) is 40.5 Å². The van der Waals surface area contributed by atoms with Gasteiger partial charge in [-0.3, -0.25) is 0 Å². The van der Waals surface area contributed by atoms with Crippen molar-refractivity contribution in [1.29, 1.82) is 0 Å². The Labute approximate surface area is 171 Å². The van der Waals surface area contributed by atoms with E-state index in [0.717, 1.165) is 40.6 Å². The van der Waals surface area contributed by atoms with Gasteiger partial charge in [0.15, 0.2) is 5.65 Å². The smallest absolute Gasteiger partial charge is 0.179 e. The SMILES string of the molecule is Nc1nccc(Sc2ccc3nc(N4CCCC45CC(N)C5)cnc3n2)c1Cl. The van der Waals surface area contributed by atoms with Gasteiger partial charge in [0, 0.05) is 29.2 Å². The minimum Gasteiger partial charge on any atom is -0.382 e. The number of hydrogen-bond acceptors (Lipinski definition) is 8. The van der Waals surface area contributed by atoms with Gasteiger partial charge in [0.05, 0.1) is 11.2 Å². The lowest BCUT2D eigenvalue weighted by atomic mass is 9.71. The first-order valence-electron chi connectivity index (χ1n) is 9.29. The number of nitrogens with zero attached hydrogens (tertiary/aromatic N) is 5. The van der Waals surface area contributed by atoms with E-state index in [4.69, 9.17) is 28.1 Å². The van der Waals surface area contributed by atoms with Crippen molar-refractivity contribution in [3.05, 3.63) is 35.6 Å². The minimum atomic E-state index is 0.184. The lowest BCUT2D eigenvalue weighted by Gasteiger charge is -2.50. The number of aromatic nitrogens is 4. The van der Waals surface area contributed by atoms with Gasteiger partial charge in [-0.25, -0.2) is 19.9 Å². The summed E-state index contributed by atoms with van der Waals surface area (Å²) in [5.41, 5.74) is 13.4. The predicted molar refractivity (Wildman–Crippen MR) is 112 cm³/mol. The molecule has 0 unspecified atom stereocenters. The Kier molecular flexibility index (Phi) is 4.30. The van der Waals surface area contributed by atoms with E-state index in [0.29, 0.717) is 22.5 Å². The zero-order chi connectivity index (χ0) is 19.3. The van der Waals surface area contributed by atoms with Gasteiger partial charge in [0.1, 0.15) is 22.2 Å². The van der Waals surface area contributed by atoms with E-state index in [-0.39, 0.29) is 5.54 Å². The van der Waals surface area contributed by atoms with E-state index in [1.54, 1.807) is 6.20 Å². The van der Waals surface area contributed by atoms with Crippen LogP contribution in [0, 0.1) is 0 Å². The molecule has 1 aliphatic heterocycles. The van der Waals surface area contributed by atoms with Crippen molar-refractivity contribution in [3.8, 4) is 0 Å². The molecule has 9 heteroatoms. The number of nitrogen functional groups attached to an aromatic ring is 1. The van der Waals surface area contributed by atoms with E-state index >= 15 is 0 Å². The average molecular weight is 414 g/mol. The van der Waals surface area contributed by atoms with E-state index in [1.807, 2.05) is 24.4 Å². The maximum atomic E-state index is 6.23. The van der Waals surface area contributed by atoms with Gasteiger partial charge in [-0.2, -0.15) is 0 Å². The van der Waals surface area contributed by atoms with Gasteiger partial charge in [-0.1, -0.05) is 23.4 Å². The first-order valence-corrected chi connectivity index (χ1v) is 10.5. The fourth-order valence-corrected chi connectivity index (χ4v) is 5.38. The maximum Gasteiger partial charge on any atom is 0.179 e. The molecule has 0 atom stereocenters. The maximum absolute atomic E-state index is 6.23. The highest BCUT2D eigenvalue weighted by atomic mass is 35.5. The topological polar surface area (TPSA) is 107 Å². The highest BCUT2D eigenvalue weighted by Gasteiger charge is 2.50. The number of rotatable bonds is 3. The summed E-state index contributed by atoms with van der Waals surface area (Å²) in [4.78, 5) is 21.2. The zero-order valence-corrected chi connectivity index (χ0v) is 16.7. The molecule has 4 heterocycles. The molecule has 144 valence electrons. The minimum absolute atomic E-state index is 0.184. The second-order valence-electron chi connectivity index (χ2n) is 7.48. The Bertz CT molecular complexity index is 1050. The summed E-state index contributed by atoms with van der Waals surface area (Å²) < 4.78 is 0. The zero-order valence-electron chi connectivity index (χ0n) is 15.2. The largest absolute Gasteiger partial charge is 0.382 e. The fraction of sp³-hybridized carbons (Fsp3) is 0.368. The molecule has 5 rings (SSSR count). The molecule has 28 heavy (non-hydrogen) atoms. The van der Waals surface area contributed by atoms with Crippen LogP contribution in [0.2, 0.25) is 5.02 Å². The van der Waals surface area contributed by atoms with Crippen LogP contribution in [-0.4, -0.2) is 38.1 Å². The molecule has 0 bridgehead atoms. The van der Waals surface area contributed by atoms with Crippen LogP contribution in [0.1, 0.15) is 25.7 Å². The number of hydrogen-bond donors (Lipinski definition) is 2. The second-order valence-corrected chi connectivity index (χ2v) is 8.92. The number of anilines is 2. The Morgan fingerprint density at radius 3 is 2.86 bits per heavy atom. The second kappa shape index (κ2) is 6.72. The average Bonchev–Trinajstić information content (AvgIpc) is 3.09. The molecule has 1 saturated carbocycles. The molecule has 0 aromatic carbocycles. The van der Waals surface area contributed by atoms with Gasteiger partial charge in [0.2, 0.25) is 0 Å². The molecule has 1 spiro atoms. The lowest BCUT2D eigenvalue weighted by Crippen LogP contribution is -2.59. The van der Waals surface area contributed by atoms with E-state index in [2.05, 4.69) is 19.9 Å². The van der Waals surface area contributed by atoms with E-state index in [9.17, 15) is 0 Å². The molecule has 2 aliphatic rings. The molecule has 2 fully saturated rings. The number of nitrogens with two attached hydrogens (primary N) is 2. The summed E-state index contributed by atoms with van der Waals surface area (Å²) in [6, 6.07) is 6.01. The third-order valence-corrected chi connectivity index (χ3v) is 7.12. The highest BCUT2D eigenvalue weighted by molar-refractivity contribution is 7.99. The lowest BCUT2D eigenvalue weighted by molar-refractivity contribution is 0.210. The molecule has 3 aromatic heterocycles. The normalized spacial score (nSPS) is 24.1. The van der Waals surface area contributed by atoms with Gasteiger partial charge < -0.3 is 16.4 Å². The summed E-state index contributed by atoms with van der Waals surface area (Å²) in [5.74, 6) is 1.23. The Hall–Kier alpha value is -2.16. The van der Waals surface area contributed by atoms with Crippen LogP contribution in [-0.2, 0) is 0 Å². The van der Waals surface area contributed by atoms with E-state index < -0.39 is 0 Å². The highest BCUT2D eigenvalue weighted by Crippen LogP contribution is 2.46. The Balaban J connectivity index is 1.43. The number of fused-ring (bicyclic) bond motifs is 1. The summed E-state index contributed by atoms with van der Waals surface area (Å²) in [6.45, 7) is 1.01. The molecule has 0 radical (unpaired) electrons. The summed E-state index contributed by atoms with van der Waals surface area (Å²) in [6.07, 6.45) is 7.90. The van der Waals surface area contributed by atoms with Gasteiger partial charge >= 0.3 is 0 Å². The van der Waals surface area contributed by atoms with Crippen molar-refractivity contribution in [2.75, 3.05) is 17.2 Å². The molecule has 4 N–H and O–H groups in total. The van der Waals surface area contributed by atoms with Crippen LogP contribution in [0.4, 0.5) is 11.6 Å².